The Morgan fingerprint density at radius 3 is 2.41 bits per heavy atom. The fourth-order valence-corrected chi connectivity index (χ4v) is 2.31. The quantitative estimate of drug-likeness (QED) is 0.766. The lowest BCUT2D eigenvalue weighted by atomic mass is 9.73. The van der Waals surface area contributed by atoms with E-state index in [9.17, 15) is 4.79 Å². The lowest BCUT2D eigenvalue weighted by Gasteiger charge is -2.35. The highest BCUT2D eigenvalue weighted by Gasteiger charge is 2.38. The van der Waals surface area contributed by atoms with Gasteiger partial charge in [0.25, 0.3) is 0 Å². The zero-order valence-corrected chi connectivity index (χ0v) is 11.3. The van der Waals surface area contributed by atoms with Crippen LogP contribution in [0, 0.1) is 5.41 Å². The van der Waals surface area contributed by atoms with Crippen molar-refractivity contribution in [3.63, 3.8) is 0 Å². The van der Waals surface area contributed by atoms with E-state index >= 15 is 0 Å². The standard InChI is InChI=1S/C13H26N2O2/c1-12(2,17-3)10-15-11(16)13(9-14)7-5-4-6-8-13/h4-10,14H2,1-3H3,(H,15,16). The van der Waals surface area contributed by atoms with Crippen LogP contribution in [0.4, 0.5) is 0 Å². The summed E-state index contributed by atoms with van der Waals surface area (Å²) in [4.78, 5) is 12.3. The minimum Gasteiger partial charge on any atom is -0.377 e. The van der Waals surface area contributed by atoms with Gasteiger partial charge >= 0.3 is 0 Å². The summed E-state index contributed by atoms with van der Waals surface area (Å²) in [5.74, 6) is 0.102. The average molecular weight is 242 g/mol. The van der Waals surface area contributed by atoms with Crippen molar-refractivity contribution in [3.05, 3.63) is 0 Å². The van der Waals surface area contributed by atoms with Gasteiger partial charge < -0.3 is 15.8 Å². The van der Waals surface area contributed by atoms with Crippen molar-refractivity contribution >= 4 is 5.91 Å². The van der Waals surface area contributed by atoms with Crippen molar-refractivity contribution in [1.82, 2.24) is 5.32 Å². The number of methoxy groups -OCH3 is 1. The number of nitrogens with two attached hydrogens (primary N) is 1. The Morgan fingerprint density at radius 1 is 1.35 bits per heavy atom. The Bertz CT molecular complexity index is 258. The molecule has 0 heterocycles. The van der Waals surface area contributed by atoms with Gasteiger partial charge in [0.15, 0.2) is 0 Å². The molecule has 3 N–H and O–H groups in total. The highest BCUT2D eigenvalue weighted by atomic mass is 16.5. The molecule has 1 aliphatic carbocycles. The van der Waals surface area contributed by atoms with Crippen LogP contribution >= 0.6 is 0 Å². The number of hydrogen-bond donors (Lipinski definition) is 2. The van der Waals surface area contributed by atoms with E-state index in [1.165, 1.54) is 6.42 Å². The molecular weight excluding hydrogens is 216 g/mol. The number of rotatable bonds is 5. The van der Waals surface area contributed by atoms with Crippen molar-refractivity contribution in [2.24, 2.45) is 11.1 Å². The topological polar surface area (TPSA) is 64.3 Å². The average Bonchev–Trinajstić information content (AvgIpc) is 2.37. The second-order valence-corrected chi connectivity index (χ2v) is 5.69. The molecular formula is C13H26N2O2. The predicted octanol–water partition coefficient (Wildman–Crippen LogP) is 1.44. The number of carbonyl (C=O) groups excluding carboxylic acids is 1. The van der Waals surface area contributed by atoms with E-state index in [0.29, 0.717) is 13.1 Å². The van der Waals surface area contributed by atoms with Crippen LogP contribution in [0.1, 0.15) is 46.0 Å². The maximum absolute atomic E-state index is 12.3. The smallest absolute Gasteiger partial charge is 0.227 e. The van der Waals surface area contributed by atoms with E-state index < -0.39 is 0 Å². The monoisotopic (exact) mass is 242 g/mol. The third kappa shape index (κ3) is 3.68. The van der Waals surface area contributed by atoms with Crippen LogP contribution in [0.3, 0.4) is 0 Å². The molecule has 0 radical (unpaired) electrons. The maximum Gasteiger partial charge on any atom is 0.227 e. The molecule has 0 bridgehead atoms. The summed E-state index contributed by atoms with van der Waals surface area (Å²) < 4.78 is 5.30. The molecule has 1 fully saturated rings. The van der Waals surface area contributed by atoms with E-state index in [0.717, 1.165) is 25.7 Å². The second-order valence-electron chi connectivity index (χ2n) is 5.69. The molecule has 0 spiro atoms. The summed E-state index contributed by atoms with van der Waals surface area (Å²) in [5, 5.41) is 2.99. The first kappa shape index (κ1) is 14.5. The van der Waals surface area contributed by atoms with Crippen molar-refractivity contribution in [1.29, 1.82) is 0 Å². The Hall–Kier alpha value is -0.610. The van der Waals surface area contributed by atoms with Gasteiger partial charge in [-0.15, -0.1) is 0 Å². The molecule has 17 heavy (non-hydrogen) atoms. The highest BCUT2D eigenvalue weighted by molar-refractivity contribution is 5.83. The van der Waals surface area contributed by atoms with Crippen LogP contribution in [0.5, 0.6) is 0 Å². The van der Waals surface area contributed by atoms with Gasteiger partial charge in [-0.05, 0) is 26.7 Å². The van der Waals surface area contributed by atoms with E-state index in [4.69, 9.17) is 10.5 Å². The van der Waals surface area contributed by atoms with Crippen molar-refractivity contribution in [2.45, 2.75) is 51.6 Å². The van der Waals surface area contributed by atoms with Gasteiger partial charge in [0.1, 0.15) is 0 Å². The van der Waals surface area contributed by atoms with Crippen molar-refractivity contribution in [3.8, 4) is 0 Å². The molecule has 0 aromatic rings. The van der Waals surface area contributed by atoms with Crippen LogP contribution in [-0.4, -0.2) is 31.7 Å². The molecule has 1 aliphatic rings. The first-order valence-electron chi connectivity index (χ1n) is 6.49. The third-order valence-corrected chi connectivity index (χ3v) is 3.91. The molecule has 1 rings (SSSR count). The van der Waals surface area contributed by atoms with Crippen molar-refractivity contribution < 1.29 is 9.53 Å². The predicted molar refractivity (Wildman–Crippen MR) is 68.7 cm³/mol. The number of amides is 1. The Morgan fingerprint density at radius 2 is 1.94 bits per heavy atom. The van der Waals surface area contributed by atoms with Gasteiger partial charge in [0, 0.05) is 20.2 Å². The summed E-state index contributed by atoms with van der Waals surface area (Å²) >= 11 is 0. The Balaban J connectivity index is 2.55. The molecule has 1 saturated carbocycles. The summed E-state index contributed by atoms with van der Waals surface area (Å²) in [6.07, 6.45) is 5.28. The lowest BCUT2D eigenvalue weighted by Crippen LogP contribution is -2.50. The Labute approximate surface area is 104 Å². The van der Waals surface area contributed by atoms with Crippen molar-refractivity contribution in [2.75, 3.05) is 20.2 Å². The van der Waals surface area contributed by atoms with Crippen LogP contribution in [0.25, 0.3) is 0 Å². The molecule has 0 aromatic heterocycles. The minimum atomic E-state index is -0.331. The first-order chi connectivity index (χ1) is 7.96. The van der Waals surface area contributed by atoms with E-state index in [1.807, 2.05) is 13.8 Å². The fraction of sp³-hybridized carbons (Fsp3) is 0.923. The molecule has 0 unspecified atom stereocenters. The maximum atomic E-state index is 12.3. The fourth-order valence-electron chi connectivity index (χ4n) is 2.31. The van der Waals surface area contributed by atoms with Gasteiger partial charge in [-0.3, -0.25) is 4.79 Å². The molecule has 0 atom stereocenters. The van der Waals surface area contributed by atoms with Crippen LogP contribution in [-0.2, 0) is 9.53 Å². The number of carbonyl (C=O) groups is 1. The minimum absolute atomic E-state index is 0.102. The molecule has 1 amide bonds. The first-order valence-corrected chi connectivity index (χ1v) is 6.49. The molecule has 100 valence electrons. The van der Waals surface area contributed by atoms with Gasteiger partial charge in [-0.25, -0.2) is 0 Å². The zero-order chi connectivity index (χ0) is 12.9. The van der Waals surface area contributed by atoms with Crippen LogP contribution in [0.15, 0.2) is 0 Å². The molecule has 0 aromatic carbocycles. The van der Waals surface area contributed by atoms with E-state index in [1.54, 1.807) is 7.11 Å². The largest absolute Gasteiger partial charge is 0.377 e. The number of nitrogens with one attached hydrogen (secondary N) is 1. The van der Waals surface area contributed by atoms with Crippen LogP contribution in [0.2, 0.25) is 0 Å². The number of hydrogen-bond acceptors (Lipinski definition) is 3. The zero-order valence-electron chi connectivity index (χ0n) is 11.3. The normalized spacial score (nSPS) is 20.0. The highest BCUT2D eigenvalue weighted by Crippen LogP contribution is 2.35. The number of ether oxygens (including phenoxy) is 1. The van der Waals surface area contributed by atoms with Gasteiger partial charge in [-0.2, -0.15) is 0 Å². The molecule has 4 nitrogen and oxygen atoms in total. The lowest BCUT2D eigenvalue weighted by molar-refractivity contribution is -0.133. The van der Waals surface area contributed by atoms with Gasteiger partial charge in [0.2, 0.25) is 5.91 Å². The molecule has 0 aliphatic heterocycles. The van der Waals surface area contributed by atoms with Gasteiger partial charge in [-0.1, -0.05) is 19.3 Å². The van der Waals surface area contributed by atoms with E-state index in [2.05, 4.69) is 5.32 Å². The Kier molecular flexibility index (Phi) is 4.95. The second kappa shape index (κ2) is 5.83. The summed E-state index contributed by atoms with van der Waals surface area (Å²) in [5.41, 5.74) is 5.17. The third-order valence-electron chi connectivity index (χ3n) is 3.91. The van der Waals surface area contributed by atoms with Gasteiger partial charge in [0.05, 0.1) is 11.0 Å². The summed E-state index contributed by atoms with van der Waals surface area (Å²) in [6.45, 7) is 4.91. The molecule has 4 heteroatoms. The summed E-state index contributed by atoms with van der Waals surface area (Å²) in [6, 6.07) is 0. The molecule has 0 saturated heterocycles. The van der Waals surface area contributed by atoms with E-state index in [-0.39, 0.29) is 16.9 Å². The SMILES string of the molecule is COC(C)(C)CNC(=O)C1(CN)CCCCC1. The summed E-state index contributed by atoms with van der Waals surface area (Å²) in [7, 11) is 1.66. The van der Waals surface area contributed by atoms with Crippen LogP contribution < -0.4 is 11.1 Å².